The van der Waals surface area contributed by atoms with Gasteiger partial charge >= 0.3 is 0 Å². The summed E-state index contributed by atoms with van der Waals surface area (Å²) in [5.74, 6) is 0.562. The number of carbonyl (C=O) groups excluding carboxylic acids is 2. The Balaban J connectivity index is 1.76. The van der Waals surface area contributed by atoms with Crippen LogP contribution in [0.15, 0.2) is 41.8 Å². The minimum atomic E-state index is -0.689. The molecule has 1 heterocycles. The molecule has 1 atom stereocenters. The van der Waals surface area contributed by atoms with Gasteiger partial charge in [0.05, 0.1) is 18.4 Å². The number of ether oxygens (including phenoxy) is 1. The lowest BCUT2D eigenvalue weighted by Crippen LogP contribution is -2.44. The van der Waals surface area contributed by atoms with Gasteiger partial charge in [-0.2, -0.15) is 11.8 Å². The van der Waals surface area contributed by atoms with Gasteiger partial charge in [0, 0.05) is 10.9 Å². The van der Waals surface area contributed by atoms with Crippen LogP contribution < -0.4 is 15.4 Å². The SMILES string of the molecule is COc1ccccc1C(=O)NC(CCSC)C(=O)Nc1nc(-c2cc(C)c(C)cc2C)cs1. The molecule has 2 amide bonds. The van der Waals surface area contributed by atoms with Crippen molar-refractivity contribution >= 4 is 40.0 Å². The normalized spacial score (nSPS) is 11.7. The summed E-state index contributed by atoms with van der Waals surface area (Å²) >= 11 is 2.99. The molecule has 174 valence electrons. The summed E-state index contributed by atoms with van der Waals surface area (Å²) in [6, 6.07) is 10.5. The smallest absolute Gasteiger partial charge is 0.255 e. The van der Waals surface area contributed by atoms with E-state index in [-0.39, 0.29) is 11.8 Å². The Hall–Kier alpha value is -2.84. The number of thiazole rings is 1. The van der Waals surface area contributed by atoms with Crippen LogP contribution in [0.25, 0.3) is 11.3 Å². The number of nitrogens with one attached hydrogen (secondary N) is 2. The molecular formula is C25H29N3O3S2. The van der Waals surface area contributed by atoms with Gasteiger partial charge in [0.2, 0.25) is 5.91 Å². The van der Waals surface area contributed by atoms with Crippen LogP contribution in [0.5, 0.6) is 5.75 Å². The lowest BCUT2D eigenvalue weighted by molar-refractivity contribution is -0.118. The maximum Gasteiger partial charge on any atom is 0.255 e. The molecule has 0 fully saturated rings. The third-order valence-corrected chi connectivity index (χ3v) is 6.84. The van der Waals surface area contributed by atoms with Gasteiger partial charge in [-0.15, -0.1) is 11.3 Å². The number of aryl methyl sites for hydroxylation is 3. The average molecular weight is 484 g/mol. The van der Waals surface area contributed by atoms with E-state index >= 15 is 0 Å². The Kier molecular flexibility index (Phi) is 8.52. The minimum Gasteiger partial charge on any atom is -0.496 e. The second-order valence-corrected chi connectivity index (χ2v) is 9.63. The van der Waals surface area contributed by atoms with Gasteiger partial charge in [-0.05, 0) is 74.1 Å². The van der Waals surface area contributed by atoms with E-state index in [0.717, 1.165) is 22.6 Å². The largest absolute Gasteiger partial charge is 0.496 e. The topological polar surface area (TPSA) is 80.3 Å². The van der Waals surface area contributed by atoms with Gasteiger partial charge in [-0.3, -0.25) is 9.59 Å². The van der Waals surface area contributed by atoms with Gasteiger partial charge in [-0.25, -0.2) is 4.98 Å². The molecule has 3 aromatic rings. The number of para-hydroxylation sites is 1. The highest BCUT2D eigenvalue weighted by molar-refractivity contribution is 7.98. The third kappa shape index (κ3) is 6.15. The number of aromatic nitrogens is 1. The first-order valence-corrected chi connectivity index (χ1v) is 12.9. The Morgan fingerprint density at radius 2 is 1.85 bits per heavy atom. The molecule has 0 saturated heterocycles. The molecule has 2 N–H and O–H groups in total. The number of thioether (sulfide) groups is 1. The van der Waals surface area contributed by atoms with E-state index < -0.39 is 6.04 Å². The summed E-state index contributed by atoms with van der Waals surface area (Å²) in [5.41, 5.74) is 5.85. The van der Waals surface area contributed by atoms with E-state index in [0.29, 0.717) is 22.9 Å². The summed E-state index contributed by atoms with van der Waals surface area (Å²) < 4.78 is 5.28. The molecule has 2 aromatic carbocycles. The van der Waals surface area contributed by atoms with Crippen molar-refractivity contribution in [1.29, 1.82) is 0 Å². The maximum atomic E-state index is 13.1. The molecule has 0 radical (unpaired) electrons. The molecule has 3 rings (SSSR count). The Morgan fingerprint density at radius 3 is 2.58 bits per heavy atom. The first kappa shape index (κ1) is 24.8. The molecule has 0 aliphatic heterocycles. The molecule has 0 aliphatic rings. The number of benzene rings is 2. The van der Waals surface area contributed by atoms with Crippen LogP contribution >= 0.6 is 23.1 Å². The van der Waals surface area contributed by atoms with Crippen molar-refractivity contribution < 1.29 is 14.3 Å². The van der Waals surface area contributed by atoms with Gasteiger partial charge in [-0.1, -0.05) is 18.2 Å². The molecule has 1 unspecified atom stereocenters. The predicted molar refractivity (Wildman–Crippen MR) is 138 cm³/mol. The van der Waals surface area contributed by atoms with Gasteiger partial charge < -0.3 is 15.4 Å². The molecule has 0 aliphatic carbocycles. The highest BCUT2D eigenvalue weighted by Crippen LogP contribution is 2.29. The minimum absolute atomic E-state index is 0.287. The van der Waals surface area contributed by atoms with Crippen molar-refractivity contribution in [3.8, 4) is 17.0 Å². The van der Waals surface area contributed by atoms with E-state index in [1.54, 1.807) is 36.0 Å². The van der Waals surface area contributed by atoms with E-state index in [1.165, 1.54) is 29.6 Å². The Bertz CT molecular complexity index is 1140. The molecule has 0 bridgehead atoms. The lowest BCUT2D eigenvalue weighted by Gasteiger charge is -2.18. The van der Waals surface area contributed by atoms with Crippen LogP contribution in [0.4, 0.5) is 5.13 Å². The fourth-order valence-electron chi connectivity index (χ4n) is 3.46. The van der Waals surface area contributed by atoms with Crippen molar-refractivity contribution in [2.24, 2.45) is 0 Å². The second kappa shape index (κ2) is 11.3. The molecular weight excluding hydrogens is 454 g/mol. The Morgan fingerprint density at radius 1 is 1.12 bits per heavy atom. The van der Waals surface area contributed by atoms with Crippen molar-refractivity contribution in [2.45, 2.75) is 33.2 Å². The van der Waals surface area contributed by atoms with Crippen LogP contribution in [0.1, 0.15) is 33.5 Å². The molecule has 6 nitrogen and oxygen atoms in total. The van der Waals surface area contributed by atoms with Crippen molar-refractivity contribution in [3.63, 3.8) is 0 Å². The molecule has 1 aromatic heterocycles. The van der Waals surface area contributed by atoms with E-state index in [4.69, 9.17) is 4.74 Å². The van der Waals surface area contributed by atoms with E-state index in [1.807, 2.05) is 11.6 Å². The fourth-order valence-corrected chi connectivity index (χ4v) is 4.64. The molecule has 33 heavy (non-hydrogen) atoms. The highest BCUT2D eigenvalue weighted by Gasteiger charge is 2.23. The summed E-state index contributed by atoms with van der Waals surface area (Å²) in [6.07, 6.45) is 2.47. The van der Waals surface area contributed by atoms with Crippen LogP contribution in [0.2, 0.25) is 0 Å². The molecule has 0 saturated carbocycles. The average Bonchev–Trinajstić information content (AvgIpc) is 3.26. The number of hydrogen-bond acceptors (Lipinski definition) is 6. The van der Waals surface area contributed by atoms with Crippen LogP contribution in [0.3, 0.4) is 0 Å². The van der Waals surface area contributed by atoms with Crippen LogP contribution in [-0.4, -0.2) is 42.0 Å². The zero-order valence-corrected chi connectivity index (χ0v) is 21.2. The summed E-state index contributed by atoms with van der Waals surface area (Å²) in [6.45, 7) is 6.23. The van der Waals surface area contributed by atoms with Gasteiger partial charge in [0.15, 0.2) is 5.13 Å². The Labute approximate surface area is 203 Å². The monoisotopic (exact) mass is 483 g/mol. The quantitative estimate of drug-likeness (QED) is 0.435. The standard InChI is InChI=1S/C25H29N3O3S2/c1-15-12-17(3)19(13-16(15)2)21-14-33-25(27-21)28-24(30)20(10-11-32-5)26-23(29)18-8-6-7-9-22(18)31-4/h6-9,12-14,20H,10-11H2,1-5H3,(H,26,29)(H,27,28,30). The zero-order valence-electron chi connectivity index (χ0n) is 19.5. The van der Waals surface area contributed by atoms with Crippen molar-refractivity contribution in [3.05, 3.63) is 64.0 Å². The number of anilines is 1. The van der Waals surface area contributed by atoms with Crippen molar-refractivity contribution in [1.82, 2.24) is 10.3 Å². The molecule has 0 spiro atoms. The number of hydrogen-bond donors (Lipinski definition) is 2. The fraction of sp³-hybridized carbons (Fsp3) is 0.320. The van der Waals surface area contributed by atoms with Gasteiger partial charge in [0.1, 0.15) is 11.8 Å². The third-order valence-electron chi connectivity index (χ3n) is 5.44. The number of rotatable bonds is 9. The maximum absolute atomic E-state index is 13.1. The first-order chi connectivity index (χ1) is 15.8. The zero-order chi connectivity index (χ0) is 24.0. The number of carbonyl (C=O) groups is 2. The first-order valence-electron chi connectivity index (χ1n) is 10.6. The highest BCUT2D eigenvalue weighted by atomic mass is 32.2. The number of nitrogens with zero attached hydrogens (tertiary/aromatic N) is 1. The van der Waals surface area contributed by atoms with E-state index in [9.17, 15) is 9.59 Å². The summed E-state index contributed by atoms with van der Waals surface area (Å²) in [5, 5.41) is 8.19. The summed E-state index contributed by atoms with van der Waals surface area (Å²) in [4.78, 5) is 30.5. The second-order valence-electron chi connectivity index (χ2n) is 7.79. The van der Waals surface area contributed by atoms with E-state index in [2.05, 4.69) is 48.5 Å². The predicted octanol–water partition coefficient (Wildman–Crippen LogP) is 5.23. The lowest BCUT2D eigenvalue weighted by atomic mass is 9.99. The van der Waals surface area contributed by atoms with Crippen LogP contribution in [-0.2, 0) is 4.79 Å². The number of amides is 2. The molecule has 8 heteroatoms. The van der Waals surface area contributed by atoms with Crippen molar-refractivity contribution in [2.75, 3.05) is 24.4 Å². The number of methoxy groups -OCH3 is 1. The van der Waals surface area contributed by atoms with Crippen LogP contribution in [0, 0.1) is 20.8 Å². The summed E-state index contributed by atoms with van der Waals surface area (Å²) in [7, 11) is 1.52. The van der Waals surface area contributed by atoms with Gasteiger partial charge in [0.25, 0.3) is 5.91 Å².